The summed E-state index contributed by atoms with van der Waals surface area (Å²) in [7, 11) is 4.51. The van der Waals surface area contributed by atoms with Gasteiger partial charge < -0.3 is 25.0 Å². The van der Waals surface area contributed by atoms with Crippen LogP contribution in [0.1, 0.15) is 22.3 Å². The van der Waals surface area contributed by atoms with E-state index in [0.717, 1.165) is 5.56 Å². The van der Waals surface area contributed by atoms with E-state index in [0.29, 0.717) is 35.6 Å². The molecule has 1 atom stereocenters. The Morgan fingerprint density at radius 2 is 1.40 bits per heavy atom. The van der Waals surface area contributed by atoms with Gasteiger partial charge in [0, 0.05) is 25.7 Å². The van der Waals surface area contributed by atoms with Crippen LogP contribution >= 0.6 is 0 Å². The van der Waals surface area contributed by atoms with Crippen LogP contribution in [0.3, 0.4) is 0 Å². The maximum Gasteiger partial charge on any atom is 0.416 e. The third-order valence-electron chi connectivity index (χ3n) is 6.29. The van der Waals surface area contributed by atoms with E-state index in [1.165, 1.54) is 26.2 Å². The zero-order valence-electron chi connectivity index (χ0n) is 22.9. The molecule has 0 radical (unpaired) electrons. The van der Waals surface area contributed by atoms with Crippen molar-refractivity contribution in [2.45, 2.75) is 31.2 Å². The average molecular weight is 598 g/mol. The molecule has 3 aromatic rings. The third kappa shape index (κ3) is 8.79. The van der Waals surface area contributed by atoms with Gasteiger partial charge in [-0.3, -0.25) is 4.79 Å². The van der Waals surface area contributed by atoms with Crippen molar-refractivity contribution in [3.63, 3.8) is 0 Å². The van der Waals surface area contributed by atoms with Crippen LogP contribution in [-0.4, -0.2) is 50.7 Å². The van der Waals surface area contributed by atoms with E-state index >= 15 is 0 Å². The SMILES string of the molecule is COc1ccc(CCN(C)C(=O)C(Cc2ccccc2)NC(=O)Nc2cc(C(F)(F)F)cc(C(F)(F)F)c2)cc1OC. The number of carbonyl (C=O) groups excluding carboxylic acids is 2. The van der Waals surface area contributed by atoms with Gasteiger partial charge in [-0.2, -0.15) is 26.3 Å². The second-order valence-electron chi connectivity index (χ2n) is 9.33. The molecule has 7 nitrogen and oxygen atoms in total. The minimum absolute atomic E-state index is 0.0180. The number of hydrogen-bond donors (Lipinski definition) is 2. The van der Waals surface area contributed by atoms with Crippen molar-refractivity contribution in [1.29, 1.82) is 0 Å². The van der Waals surface area contributed by atoms with E-state index in [4.69, 9.17) is 9.47 Å². The molecule has 0 fully saturated rings. The van der Waals surface area contributed by atoms with Gasteiger partial charge >= 0.3 is 18.4 Å². The van der Waals surface area contributed by atoms with E-state index in [2.05, 4.69) is 5.32 Å². The molecule has 1 unspecified atom stereocenters. The molecular weight excluding hydrogens is 568 g/mol. The zero-order chi connectivity index (χ0) is 31.1. The van der Waals surface area contributed by atoms with Crippen LogP contribution in [0.4, 0.5) is 36.8 Å². The fourth-order valence-corrected chi connectivity index (χ4v) is 4.11. The van der Waals surface area contributed by atoms with Crippen LogP contribution in [-0.2, 0) is 30.0 Å². The number of benzene rings is 3. The molecule has 0 spiro atoms. The topological polar surface area (TPSA) is 79.9 Å². The Balaban J connectivity index is 1.78. The number of ether oxygens (including phenoxy) is 2. The van der Waals surface area contributed by atoms with Crippen molar-refractivity contribution in [3.05, 3.63) is 89.0 Å². The van der Waals surface area contributed by atoms with E-state index in [1.54, 1.807) is 48.5 Å². The third-order valence-corrected chi connectivity index (χ3v) is 6.29. The molecule has 0 aliphatic rings. The molecule has 0 saturated carbocycles. The highest BCUT2D eigenvalue weighted by atomic mass is 19.4. The van der Waals surface area contributed by atoms with Gasteiger partial charge in [-0.05, 0) is 47.9 Å². The standard InChI is InChI=1S/C29H29F6N3O4/c1-38(12-11-19-9-10-24(41-2)25(14-19)42-3)26(39)23(13-18-7-5-4-6-8-18)37-27(40)36-22-16-20(28(30,31)32)15-21(17-22)29(33,34)35/h4-10,14-17,23H,11-13H2,1-3H3,(H2,36,37,40). The summed E-state index contributed by atoms with van der Waals surface area (Å²) in [6.07, 6.45) is -9.74. The van der Waals surface area contributed by atoms with Gasteiger partial charge in [-0.15, -0.1) is 0 Å². The van der Waals surface area contributed by atoms with Crippen molar-refractivity contribution in [2.75, 3.05) is 33.1 Å². The van der Waals surface area contributed by atoms with Gasteiger partial charge in [0.05, 0.1) is 25.3 Å². The molecule has 3 rings (SSSR count). The molecule has 0 saturated heterocycles. The van der Waals surface area contributed by atoms with E-state index in [1.807, 2.05) is 5.32 Å². The van der Waals surface area contributed by atoms with Gasteiger partial charge in [-0.1, -0.05) is 36.4 Å². The lowest BCUT2D eigenvalue weighted by atomic mass is 10.0. The Morgan fingerprint density at radius 3 is 1.95 bits per heavy atom. The molecule has 42 heavy (non-hydrogen) atoms. The normalized spacial score (nSPS) is 12.3. The van der Waals surface area contributed by atoms with Crippen molar-refractivity contribution in [3.8, 4) is 11.5 Å². The van der Waals surface area contributed by atoms with Gasteiger partial charge in [0.2, 0.25) is 5.91 Å². The number of carbonyl (C=O) groups is 2. The summed E-state index contributed by atoms with van der Waals surface area (Å²) in [6.45, 7) is 0.228. The summed E-state index contributed by atoms with van der Waals surface area (Å²) in [5.41, 5.74) is -2.40. The van der Waals surface area contributed by atoms with E-state index in [9.17, 15) is 35.9 Å². The number of halogens is 6. The molecule has 0 heterocycles. The summed E-state index contributed by atoms with van der Waals surface area (Å²) in [6, 6.07) is 12.3. The van der Waals surface area contributed by atoms with E-state index < -0.39 is 47.1 Å². The summed E-state index contributed by atoms with van der Waals surface area (Å²) in [5, 5.41) is 4.41. The number of anilines is 1. The maximum absolute atomic E-state index is 13.4. The molecule has 3 amide bonds. The zero-order valence-corrected chi connectivity index (χ0v) is 22.9. The molecule has 226 valence electrons. The van der Waals surface area contributed by atoms with Crippen LogP contribution in [0.25, 0.3) is 0 Å². The van der Waals surface area contributed by atoms with Crippen LogP contribution in [0.15, 0.2) is 66.7 Å². The first-order valence-electron chi connectivity index (χ1n) is 12.6. The second kappa shape index (κ2) is 13.5. The fourth-order valence-electron chi connectivity index (χ4n) is 4.11. The Kier molecular flexibility index (Phi) is 10.3. The highest BCUT2D eigenvalue weighted by Gasteiger charge is 2.37. The van der Waals surface area contributed by atoms with Crippen LogP contribution in [0.2, 0.25) is 0 Å². The quantitative estimate of drug-likeness (QED) is 0.274. The fraction of sp³-hybridized carbons (Fsp3) is 0.310. The summed E-state index contributed by atoms with van der Waals surface area (Å²) >= 11 is 0. The number of urea groups is 1. The largest absolute Gasteiger partial charge is 0.493 e. The predicted molar refractivity (Wildman–Crippen MR) is 143 cm³/mol. The Labute approximate surface area is 238 Å². The first kappa shape index (κ1) is 32.1. The van der Waals surface area contributed by atoms with Crippen LogP contribution in [0.5, 0.6) is 11.5 Å². The molecule has 3 aromatic carbocycles. The second-order valence-corrected chi connectivity index (χ2v) is 9.33. The Morgan fingerprint density at radius 1 is 0.810 bits per heavy atom. The number of methoxy groups -OCH3 is 2. The predicted octanol–water partition coefficient (Wildman–Crippen LogP) is 6.18. The molecule has 13 heteroatoms. The number of nitrogens with zero attached hydrogens (tertiary/aromatic N) is 1. The lowest BCUT2D eigenvalue weighted by Gasteiger charge is -2.25. The van der Waals surface area contributed by atoms with Crippen molar-refractivity contribution in [1.82, 2.24) is 10.2 Å². The van der Waals surface area contributed by atoms with Gasteiger partial charge in [0.1, 0.15) is 6.04 Å². The molecule has 0 aromatic heterocycles. The molecule has 0 aliphatic heterocycles. The van der Waals surface area contributed by atoms with Crippen molar-refractivity contribution in [2.24, 2.45) is 0 Å². The van der Waals surface area contributed by atoms with Gasteiger partial charge in [0.25, 0.3) is 0 Å². The molecule has 2 N–H and O–H groups in total. The Hall–Kier alpha value is -4.42. The van der Waals surface area contributed by atoms with E-state index in [-0.39, 0.29) is 19.0 Å². The van der Waals surface area contributed by atoms with Gasteiger partial charge in [0.15, 0.2) is 11.5 Å². The summed E-state index contributed by atoms with van der Waals surface area (Å²) in [5.74, 6) is 0.522. The van der Waals surface area contributed by atoms with Gasteiger partial charge in [-0.25, -0.2) is 4.79 Å². The van der Waals surface area contributed by atoms with Crippen molar-refractivity contribution >= 4 is 17.6 Å². The summed E-state index contributed by atoms with van der Waals surface area (Å²) in [4.78, 5) is 27.6. The number of amides is 3. The molecule has 0 bridgehead atoms. The molecular formula is C29H29F6N3O4. The summed E-state index contributed by atoms with van der Waals surface area (Å²) < 4.78 is 89.9. The Bertz CT molecular complexity index is 1350. The lowest BCUT2D eigenvalue weighted by molar-refractivity contribution is -0.143. The van der Waals surface area contributed by atoms with Crippen LogP contribution in [0, 0.1) is 0 Å². The number of rotatable bonds is 10. The smallest absolute Gasteiger partial charge is 0.416 e. The number of alkyl halides is 6. The van der Waals surface area contributed by atoms with Crippen LogP contribution < -0.4 is 20.1 Å². The highest BCUT2D eigenvalue weighted by molar-refractivity contribution is 5.94. The number of nitrogens with one attached hydrogen (secondary N) is 2. The maximum atomic E-state index is 13.4. The minimum Gasteiger partial charge on any atom is -0.493 e. The monoisotopic (exact) mass is 597 g/mol. The molecule has 0 aliphatic carbocycles. The van der Waals surface area contributed by atoms with Crippen molar-refractivity contribution < 1.29 is 45.4 Å². The first-order valence-corrected chi connectivity index (χ1v) is 12.6. The average Bonchev–Trinajstić information content (AvgIpc) is 2.94. The number of hydrogen-bond acceptors (Lipinski definition) is 4. The minimum atomic E-state index is -5.09. The lowest BCUT2D eigenvalue weighted by Crippen LogP contribution is -2.50. The highest BCUT2D eigenvalue weighted by Crippen LogP contribution is 2.37. The first-order chi connectivity index (χ1) is 19.7. The number of likely N-dealkylation sites (N-methyl/N-ethyl adjacent to an activating group) is 1.